The Bertz CT molecular complexity index is 512. The molecule has 0 amide bonds. The molecule has 0 N–H and O–H groups in total. The Balaban J connectivity index is 2.00. The molecule has 1 aromatic carbocycles. The van der Waals surface area contributed by atoms with Gasteiger partial charge in [0.25, 0.3) is 0 Å². The lowest BCUT2D eigenvalue weighted by molar-refractivity contribution is 0.896. The number of aromatic nitrogens is 1. The molecule has 17 heavy (non-hydrogen) atoms. The SMILES string of the molecule is N#CCc1cccc(CCc2ccccc2)n1. The van der Waals surface area contributed by atoms with Crippen molar-refractivity contribution in [3.05, 3.63) is 65.5 Å². The van der Waals surface area contributed by atoms with Crippen LogP contribution >= 0.6 is 0 Å². The summed E-state index contributed by atoms with van der Waals surface area (Å²) >= 11 is 0. The molecule has 1 heterocycles. The predicted octanol–water partition coefficient (Wildman–Crippen LogP) is 2.93. The van der Waals surface area contributed by atoms with Gasteiger partial charge < -0.3 is 0 Å². The van der Waals surface area contributed by atoms with Crippen LogP contribution in [0.15, 0.2) is 48.5 Å². The Morgan fingerprint density at radius 3 is 2.41 bits per heavy atom. The molecule has 0 aliphatic carbocycles. The summed E-state index contributed by atoms with van der Waals surface area (Å²) in [5.41, 5.74) is 3.24. The molecule has 2 heteroatoms. The number of pyridine rings is 1. The number of hydrogen-bond donors (Lipinski definition) is 0. The fourth-order valence-corrected chi connectivity index (χ4v) is 1.77. The summed E-state index contributed by atoms with van der Waals surface area (Å²) in [6.07, 6.45) is 2.30. The van der Waals surface area contributed by atoms with Crippen molar-refractivity contribution in [1.82, 2.24) is 4.98 Å². The van der Waals surface area contributed by atoms with Crippen LogP contribution < -0.4 is 0 Å². The Hall–Kier alpha value is -2.14. The Morgan fingerprint density at radius 1 is 0.882 bits per heavy atom. The maximum absolute atomic E-state index is 8.63. The van der Waals surface area contributed by atoms with Crippen molar-refractivity contribution in [3.63, 3.8) is 0 Å². The van der Waals surface area contributed by atoms with Gasteiger partial charge in [-0.2, -0.15) is 5.26 Å². The van der Waals surface area contributed by atoms with Gasteiger partial charge in [-0.3, -0.25) is 4.98 Å². The molecular formula is C15H14N2. The number of nitriles is 1. The first-order valence-electron chi connectivity index (χ1n) is 5.74. The maximum atomic E-state index is 8.63. The fraction of sp³-hybridized carbons (Fsp3) is 0.200. The highest BCUT2D eigenvalue weighted by molar-refractivity contribution is 5.18. The molecule has 84 valence electrons. The van der Waals surface area contributed by atoms with E-state index in [1.807, 2.05) is 24.3 Å². The van der Waals surface area contributed by atoms with Crippen molar-refractivity contribution >= 4 is 0 Å². The van der Waals surface area contributed by atoms with Gasteiger partial charge in [0.1, 0.15) is 0 Å². The molecule has 2 aromatic rings. The molecule has 0 radical (unpaired) electrons. The van der Waals surface area contributed by atoms with Crippen LogP contribution in [0.5, 0.6) is 0 Å². The first kappa shape index (κ1) is 11.3. The van der Waals surface area contributed by atoms with Gasteiger partial charge >= 0.3 is 0 Å². The average Bonchev–Trinajstić information content (AvgIpc) is 2.39. The van der Waals surface area contributed by atoms with Gasteiger partial charge in [-0.05, 0) is 30.5 Å². The molecule has 2 nitrogen and oxygen atoms in total. The standard InChI is InChI=1S/C15H14N2/c16-12-11-15-8-4-7-14(17-15)10-9-13-5-2-1-3-6-13/h1-8H,9-11H2. The summed E-state index contributed by atoms with van der Waals surface area (Å²) in [6.45, 7) is 0. The monoisotopic (exact) mass is 222 g/mol. The largest absolute Gasteiger partial charge is 0.257 e. The molecule has 1 aromatic heterocycles. The normalized spacial score (nSPS) is 9.82. The zero-order valence-electron chi connectivity index (χ0n) is 9.63. The summed E-state index contributed by atoms with van der Waals surface area (Å²) < 4.78 is 0. The number of benzene rings is 1. The van der Waals surface area contributed by atoms with E-state index in [4.69, 9.17) is 5.26 Å². The van der Waals surface area contributed by atoms with Crippen LogP contribution in [0.2, 0.25) is 0 Å². The van der Waals surface area contributed by atoms with Crippen LogP contribution in [0.25, 0.3) is 0 Å². The molecule has 0 atom stereocenters. The Labute approximate surface area is 102 Å². The van der Waals surface area contributed by atoms with Crippen molar-refractivity contribution in [1.29, 1.82) is 5.26 Å². The highest BCUT2D eigenvalue weighted by Crippen LogP contribution is 2.06. The fourth-order valence-electron chi connectivity index (χ4n) is 1.77. The van der Waals surface area contributed by atoms with Gasteiger partial charge in [-0.25, -0.2) is 0 Å². The lowest BCUT2D eigenvalue weighted by Gasteiger charge is -2.02. The minimum absolute atomic E-state index is 0.388. The molecule has 0 aliphatic heterocycles. The third-order valence-electron chi connectivity index (χ3n) is 2.64. The van der Waals surface area contributed by atoms with E-state index in [0.717, 1.165) is 24.2 Å². The topological polar surface area (TPSA) is 36.7 Å². The van der Waals surface area contributed by atoms with Crippen molar-refractivity contribution in [2.45, 2.75) is 19.3 Å². The van der Waals surface area contributed by atoms with Crippen LogP contribution in [-0.4, -0.2) is 4.98 Å². The number of nitrogens with zero attached hydrogens (tertiary/aromatic N) is 2. The number of hydrogen-bond acceptors (Lipinski definition) is 2. The Morgan fingerprint density at radius 2 is 1.65 bits per heavy atom. The second-order valence-electron chi connectivity index (χ2n) is 3.94. The number of aryl methyl sites for hydroxylation is 2. The van der Waals surface area contributed by atoms with Gasteiger partial charge in [-0.1, -0.05) is 36.4 Å². The van der Waals surface area contributed by atoms with E-state index in [1.165, 1.54) is 5.56 Å². The first-order valence-corrected chi connectivity index (χ1v) is 5.74. The average molecular weight is 222 g/mol. The minimum atomic E-state index is 0.388. The van der Waals surface area contributed by atoms with Gasteiger partial charge in [0, 0.05) is 5.69 Å². The molecule has 0 saturated carbocycles. The second kappa shape index (κ2) is 5.81. The van der Waals surface area contributed by atoms with Crippen molar-refractivity contribution in [2.75, 3.05) is 0 Å². The van der Waals surface area contributed by atoms with Crippen LogP contribution in [0.4, 0.5) is 0 Å². The van der Waals surface area contributed by atoms with Crippen LogP contribution in [0.1, 0.15) is 17.0 Å². The van der Waals surface area contributed by atoms with Crippen LogP contribution in [-0.2, 0) is 19.3 Å². The van der Waals surface area contributed by atoms with E-state index in [0.29, 0.717) is 6.42 Å². The smallest absolute Gasteiger partial charge is 0.0774 e. The van der Waals surface area contributed by atoms with Gasteiger partial charge in [0.2, 0.25) is 0 Å². The first-order chi connectivity index (χ1) is 8.38. The molecule has 0 bridgehead atoms. The zero-order valence-corrected chi connectivity index (χ0v) is 9.63. The summed E-state index contributed by atoms with van der Waals surface area (Å²) in [6, 6.07) is 18.4. The van der Waals surface area contributed by atoms with Crippen LogP contribution in [0.3, 0.4) is 0 Å². The summed E-state index contributed by atoms with van der Waals surface area (Å²) in [5.74, 6) is 0. The highest BCUT2D eigenvalue weighted by Gasteiger charge is 1.98. The third kappa shape index (κ3) is 3.42. The maximum Gasteiger partial charge on any atom is 0.0774 e. The lowest BCUT2D eigenvalue weighted by Crippen LogP contribution is -1.97. The molecular weight excluding hydrogens is 208 g/mol. The quantitative estimate of drug-likeness (QED) is 0.797. The molecule has 0 fully saturated rings. The van der Waals surface area contributed by atoms with E-state index in [1.54, 1.807) is 0 Å². The summed E-state index contributed by atoms with van der Waals surface area (Å²) in [5, 5.41) is 8.63. The van der Waals surface area contributed by atoms with Crippen molar-refractivity contribution < 1.29 is 0 Å². The lowest BCUT2D eigenvalue weighted by atomic mass is 10.1. The summed E-state index contributed by atoms with van der Waals surface area (Å²) in [4.78, 5) is 4.46. The summed E-state index contributed by atoms with van der Waals surface area (Å²) in [7, 11) is 0. The van der Waals surface area contributed by atoms with Gasteiger partial charge in [0.05, 0.1) is 18.2 Å². The Kier molecular flexibility index (Phi) is 3.88. The zero-order chi connectivity index (χ0) is 11.9. The molecule has 2 rings (SSSR count). The third-order valence-corrected chi connectivity index (χ3v) is 2.64. The second-order valence-corrected chi connectivity index (χ2v) is 3.94. The number of rotatable bonds is 4. The molecule has 0 saturated heterocycles. The van der Waals surface area contributed by atoms with Crippen LogP contribution in [0, 0.1) is 11.3 Å². The molecule has 0 unspecified atom stereocenters. The van der Waals surface area contributed by atoms with E-state index in [9.17, 15) is 0 Å². The molecule has 0 spiro atoms. The van der Waals surface area contributed by atoms with Gasteiger partial charge in [-0.15, -0.1) is 0 Å². The highest BCUT2D eigenvalue weighted by atomic mass is 14.7. The van der Waals surface area contributed by atoms with E-state index < -0.39 is 0 Å². The molecule has 0 aliphatic rings. The predicted molar refractivity (Wildman–Crippen MR) is 67.4 cm³/mol. The van der Waals surface area contributed by atoms with E-state index >= 15 is 0 Å². The van der Waals surface area contributed by atoms with E-state index in [-0.39, 0.29) is 0 Å². The van der Waals surface area contributed by atoms with Crippen molar-refractivity contribution in [3.8, 4) is 6.07 Å². The van der Waals surface area contributed by atoms with Crippen molar-refractivity contribution in [2.24, 2.45) is 0 Å². The van der Waals surface area contributed by atoms with E-state index in [2.05, 4.69) is 35.3 Å². The van der Waals surface area contributed by atoms with Gasteiger partial charge in [0.15, 0.2) is 0 Å². The minimum Gasteiger partial charge on any atom is -0.257 e.